The van der Waals surface area contributed by atoms with Crippen LogP contribution in [0.2, 0.25) is 0 Å². The average Bonchev–Trinajstić information content (AvgIpc) is 3.23. The minimum absolute atomic E-state index is 0.199. The zero-order valence-corrected chi connectivity index (χ0v) is 14.7. The Kier molecular flexibility index (Phi) is 4.37. The van der Waals surface area contributed by atoms with Crippen LogP contribution < -0.4 is 0 Å². The summed E-state index contributed by atoms with van der Waals surface area (Å²) < 4.78 is 5.09. The van der Waals surface area contributed by atoms with Crippen LogP contribution in [-0.2, 0) is 17.8 Å². The van der Waals surface area contributed by atoms with Gasteiger partial charge in [-0.3, -0.25) is 9.69 Å². The maximum Gasteiger partial charge on any atom is 0.236 e. The van der Waals surface area contributed by atoms with Crippen molar-refractivity contribution in [2.75, 3.05) is 26.2 Å². The molecular weight excluding hydrogens is 324 g/mol. The highest BCUT2D eigenvalue weighted by atomic mass is 32.1. The molecule has 0 spiro atoms. The monoisotopic (exact) mass is 346 g/mol. The van der Waals surface area contributed by atoms with Crippen molar-refractivity contribution in [3.8, 4) is 0 Å². The van der Waals surface area contributed by atoms with Crippen molar-refractivity contribution in [1.29, 1.82) is 0 Å². The van der Waals surface area contributed by atoms with Crippen LogP contribution in [0, 0.1) is 6.92 Å². The van der Waals surface area contributed by atoms with Gasteiger partial charge in [-0.15, -0.1) is 11.3 Å². The molecule has 2 aliphatic rings. The Morgan fingerprint density at radius 3 is 3.21 bits per heavy atom. The number of hydrogen-bond acceptors (Lipinski definition) is 6. The van der Waals surface area contributed by atoms with Gasteiger partial charge in [0.15, 0.2) is 5.82 Å². The third kappa shape index (κ3) is 3.23. The Bertz CT molecular complexity index is 726. The van der Waals surface area contributed by atoms with E-state index in [-0.39, 0.29) is 11.8 Å². The van der Waals surface area contributed by atoms with Gasteiger partial charge in [0.2, 0.25) is 11.8 Å². The SMILES string of the molecule is Cc1nc([C@@H]2CCCN(C(=O)CN3CCc4sccc4C3)C2)no1. The summed E-state index contributed by atoms with van der Waals surface area (Å²) in [5.41, 5.74) is 1.39. The minimum atomic E-state index is 0.199. The van der Waals surface area contributed by atoms with E-state index in [2.05, 4.69) is 26.5 Å². The van der Waals surface area contributed by atoms with Crippen molar-refractivity contribution in [2.24, 2.45) is 0 Å². The summed E-state index contributed by atoms with van der Waals surface area (Å²) in [5, 5.41) is 6.19. The molecule has 0 radical (unpaired) electrons. The van der Waals surface area contributed by atoms with Crippen LogP contribution in [0.4, 0.5) is 0 Å². The summed E-state index contributed by atoms with van der Waals surface area (Å²) in [6.45, 7) is 5.72. The maximum absolute atomic E-state index is 12.7. The van der Waals surface area contributed by atoms with E-state index < -0.39 is 0 Å². The van der Waals surface area contributed by atoms with Gasteiger partial charge in [-0.05, 0) is 36.3 Å². The molecule has 7 heteroatoms. The number of amides is 1. The lowest BCUT2D eigenvalue weighted by Crippen LogP contribution is -2.45. The predicted octanol–water partition coefficient (Wildman–Crippen LogP) is 2.20. The number of aromatic nitrogens is 2. The largest absolute Gasteiger partial charge is 0.341 e. The van der Waals surface area contributed by atoms with Gasteiger partial charge in [0.1, 0.15) is 0 Å². The maximum atomic E-state index is 12.7. The summed E-state index contributed by atoms with van der Waals surface area (Å²) in [6, 6.07) is 2.19. The van der Waals surface area contributed by atoms with Crippen molar-refractivity contribution in [1.82, 2.24) is 19.9 Å². The van der Waals surface area contributed by atoms with Crippen LogP contribution in [0.15, 0.2) is 16.0 Å². The van der Waals surface area contributed by atoms with Crippen molar-refractivity contribution >= 4 is 17.2 Å². The molecular formula is C17H22N4O2S. The molecule has 2 aromatic heterocycles. The molecule has 4 heterocycles. The summed E-state index contributed by atoms with van der Waals surface area (Å²) in [7, 11) is 0. The summed E-state index contributed by atoms with van der Waals surface area (Å²) in [5.74, 6) is 1.75. The zero-order chi connectivity index (χ0) is 16.5. The van der Waals surface area contributed by atoms with E-state index in [9.17, 15) is 4.79 Å². The van der Waals surface area contributed by atoms with E-state index in [1.807, 2.05) is 16.2 Å². The first-order valence-corrected chi connectivity index (χ1v) is 9.42. The Morgan fingerprint density at radius 2 is 2.38 bits per heavy atom. The van der Waals surface area contributed by atoms with Gasteiger partial charge in [0.25, 0.3) is 0 Å². The van der Waals surface area contributed by atoms with E-state index in [1.54, 1.807) is 6.92 Å². The van der Waals surface area contributed by atoms with Gasteiger partial charge in [-0.25, -0.2) is 0 Å². The van der Waals surface area contributed by atoms with Crippen LogP contribution in [0.5, 0.6) is 0 Å². The molecule has 0 bridgehead atoms. The molecule has 2 aliphatic heterocycles. The molecule has 6 nitrogen and oxygen atoms in total. The number of piperidine rings is 1. The molecule has 0 saturated carbocycles. The Labute approximate surface area is 145 Å². The van der Waals surface area contributed by atoms with Crippen LogP contribution >= 0.6 is 11.3 Å². The third-order valence-corrected chi connectivity index (χ3v) is 5.95. The first kappa shape index (κ1) is 15.8. The molecule has 2 aromatic rings. The van der Waals surface area contributed by atoms with Crippen molar-refractivity contribution in [3.05, 3.63) is 33.6 Å². The predicted molar refractivity (Wildman–Crippen MR) is 90.9 cm³/mol. The molecule has 128 valence electrons. The lowest BCUT2D eigenvalue weighted by Gasteiger charge is -2.34. The lowest BCUT2D eigenvalue weighted by molar-refractivity contribution is -0.133. The fourth-order valence-electron chi connectivity index (χ4n) is 3.63. The van der Waals surface area contributed by atoms with Crippen molar-refractivity contribution in [3.63, 3.8) is 0 Å². The normalized spacial score (nSPS) is 21.7. The molecule has 1 fully saturated rings. The van der Waals surface area contributed by atoms with E-state index >= 15 is 0 Å². The number of rotatable bonds is 3. The van der Waals surface area contributed by atoms with Crippen LogP contribution in [0.3, 0.4) is 0 Å². The Morgan fingerprint density at radius 1 is 1.46 bits per heavy atom. The first-order chi connectivity index (χ1) is 11.7. The molecule has 1 saturated heterocycles. The van der Waals surface area contributed by atoms with Crippen LogP contribution in [0.1, 0.15) is 40.9 Å². The number of likely N-dealkylation sites (tertiary alicyclic amines) is 1. The number of hydrogen-bond donors (Lipinski definition) is 0. The summed E-state index contributed by atoms with van der Waals surface area (Å²) in [4.78, 5) is 22.8. The fraction of sp³-hybridized carbons (Fsp3) is 0.588. The Hall–Kier alpha value is -1.73. The second-order valence-electron chi connectivity index (χ2n) is 6.68. The molecule has 1 atom stereocenters. The number of nitrogens with zero attached hydrogens (tertiary/aromatic N) is 4. The van der Waals surface area contributed by atoms with Crippen LogP contribution in [-0.4, -0.2) is 52.0 Å². The Balaban J connectivity index is 1.36. The third-order valence-electron chi connectivity index (χ3n) is 4.93. The molecule has 4 rings (SSSR count). The zero-order valence-electron chi connectivity index (χ0n) is 13.9. The van der Waals surface area contributed by atoms with E-state index in [4.69, 9.17) is 4.52 Å². The number of carbonyl (C=O) groups is 1. The molecule has 0 aromatic carbocycles. The van der Waals surface area contributed by atoms with Gasteiger partial charge in [0.05, 0.1) is 6.54 Å². The number of carbonyl (C=O) groups excluding carboxylic acids is 1. The fourth-order valence-corrected chi connectivity index (χ4v) is 4.52. The van der Waals surface area contributed by atoms with Gasteiger partial charge in [-0.2, -0.15) is 4.98 Å². The summed E-state index contributed by atoms with van der Waals surface area (Å²) >= 11 is 1.83. The topological polar surface area (TPSA) is 62.5 Å². The molecule has 1 amide bonds. The number of thiophene rings is 1. The highest BCUT2D eigenvalue weighted by Crippen LogP contribution is 2.26. The van der Waals surface area contributed by atoms with Crippen molar-refractivity contribution in [2.45, 2.75) is 38.6 Å². The van der Waals surface area contributed by atoms with Crippen molar-refractivity contribution < 1.29 is 9.32 Å². The highest BCUT2D eigenvalue weighted by Gasteiger charge is 2.29. The lowest BCUT2D eigenvalue weighted by atomic mass is 9.97. The number of fused-ring (bicyclic) bond motifs is 1. The van der Waals surface area contributed by atoms with Gasteiger partial charge >= 0.3 is 0 Å². The van der Waals surface area contributed by atoms with E-state index in [0.29, 0.717) is 19.0 Å². The second kappa shape index (κ2) is 6.64. The quantitative estimate of drug-likeness (QED) is 0.853. The molecule has 0 unspecified atom stereocenters. The second-order valence-corrected chi connectivity index (χ2v) is 7.68. The van der Waals surface area contributed by atoms with E-state index in [0.717, 1.165) is 44.7 Å². The molecule has 24 heavy (non-hydrogen) atoms. The van der Waals surface area contributed by atoms with E-state index in [1.165, 1.54) is 10.4 Å². The first-order valence-electron chi connectivity index (χ1n) is 8.54. The summed E-state index contributed by atoms with van der Waals surface area (Å²) in [6.07, 6.45) is 3.08. The van der Waals surface area contributed by atoms with Gasteiger partial charge in [-0.1, -0.05) is 5.16 Å². The standard InChI is InChI=1S/C17H22N4O2S/c1-12-18-17(19-23-12)14-3-2-6-21(10-14)16(22)11-20-7-4-15-13(9-20)5-8-24-15/h5,8,14H,2-4,6-7,9-11H2,1H3/t14-/m1/s1. The number of aryl methyl sites for hydroxylation is 1. The van der Waals surface area contributed by atoms with Gasteiger partial charge < -0.3 is 9.42 Å². The van der Waals surface area contributed by atoms with Crippen LogP contribution in [0.25, 0.3) is 0 Å². The smallest absolute Gasteiger partial charge is 0.236 e. The molecule has 0 N–H and O–H groups in total. The van der Waals surface area contributed by atoms with Gasteiger partial charge in [0, 0.05) is 43.9 Å². The highest BCUT2D eigenvalue weighted by molar-refractivity contribution is 7.10. The molecule has 0 aliphatic carbocycles. The average molecular weight is 346 g/mol. The minimum Gasteiger partial charge on any atom is -0.341 e.